The standard InChI is InChI=1S/C24H31N3O3/c1-17(2)16-27-13-11-19-15-20(7-8-21(19)27)25-24(28)26(3)12-10-18-6-9-22(29-4)23(14-18)30-5/h6-9,11,13-15,17H,10,12,16H2,1-5H3,(H,25,28). The number of carbonyl (C=O) groups is 1. The molecule has 0 spiro atoms. The number of nitrogens with zero attached hydrogens (tertiary/aromatic N) is 2. The highest BCUT2D eigenvalue weighted by Gasteiger charge is 2.11. The summed E-state index contributed by atoms with van der Waals surface area (Å²) >= 11 is 0. The van der Waals surface area contributed by atoms with Crippen molar-refractivity contribution in [3.63, 3.8) is 0 Å². The lowest BCUT2D eigenvalue weighted by molar-refractivity contribution is 0.223. The molecule has 0 atom stereocenters. The number of ether oxygens (including phenoxy) is 2. The minimum atomic E-state index is -0.128. The van der Waals surface area contributed by atoms with Gasteiger partial charge in [-0.3, -0.25) is 0 Å². The second kappa shape index (κ2) is 9.57. The average molecular weight is 410 g/mol. The van der Waals surface area contributed by atoms with E-state index in [0.717, 1.165) is 29.6 Å². The third kappa shape index (κ3) is 5.06. The Bertz CT molecular complexity index is 1010. The van der Waals surface area contributed by atoms with E-state index in [1.807, 2.05) is 30.3 Å². The number of methoxy groups -OCH3 is 2. The van der Waals surface area contributed by atoms with Gasteiger partial charge in [0.2, 0.25) is 0 Å². The maximum Gasteiger partial charge on any atom is 0.321 e. The van der Waals surface area contributed by atoms with Crippen LogP contribution < -0.4 is 14.8 Å². The quantitative estimate of drug-likeness (QED) is 0.568. The number of fused-ring (bicyclic) bond motifs is 1. The van der Waals surface area contributed by atoms with Gasteiger partial charge >= 0.3 is 6.03 Å². The fourth-order valence-corrected chi connectivity index (χ4v) is 3.48. The van der Waals surface area contributed by atoms with Crippen molar-refractivity contribution in [1.82, 2.24) is 9.47 Å². The molecule has 1 N–H and O–H groups in total. The molecule has 0 fully saturated rings. The molecule has 0 aliphatic carbocycles. The monoisotopic (exact) mass is 409 g/mol. The molecule has 6 heteroatoms. The van der Waals surface area contributed by atoms with Crippen LogP contribution in [0.5, 0.6) is 11.5 Å². The highest BCUT2D eigenvalue weighted by atomic mass is 16.5. The third-order valence-electron chi connectivity index (χ3n) is 5.11. The van der Waals surface area contributed by atoms with Gasteiger partial charge < -0.3 is 24.3 Å². The fraction of sp³-hybridized carbons (Fsp3) is 0.375. The summed E-state index contributed by atoms with van der Waals surface area (Å²) in [5.74, 6) is 1.98. The van der Waals surface area contributed by atoms with Crippen molar-refractivity contribution in [3.05, 3.63) is 54.2 Å². The van der Waals surface area contributed by atoms with E-state index < -0.39 is 0 Å². The van der Waals surface area contributed by atoms with Crippen molar-refractivity contribution in [3.8, 4) is 11.5 Å². The number of aromatic nitrogens is 1. The molecule has 0 unspecified atom stereocenters. The van der Waals surface area contributed by atoms with Crippen molar-refractivity contribution < 1.29 is 14.3 Å². The zero-order valence-electron chi connectivity index (χ0n) is 18.4. The minimum Gasteiger partial charge on any atom is -0.493 e. The van der Waals surface area contributed by atoms with Gasteiger partial charge in [0.25, 0.3) is 0 Å². The van der Waals surface area contributed by atoms with Crippen molar-refractivity contribution in [2.75, 3.05) is 33.1 Å². The Morgan fingerprint density at radius 3 is 2.53 bits per heavy atom. The number of benzene rings is 2. The summed E-state index contributed by atoms with van der Waals surface area (Å²) in [6.45, 7) is 5.99. The smallest absolute Gasteiger partial charge is 0.321 e. The summed E-state index contributed by atoms with van der Waals surface area (Å²) in [4.78, 5) is 14.3. The van der Waals surface area contributed by atoms with Gasteiger partial charge in [0.05, 0.1) is 14.2 Å². The van der Waals surface area contributed by atoms with Gasteiger partial charge in [-0.1, -0.05) is 19.9 Å². The molecular formula is C24H31N3O3. The molecule has 1 heterocycles. The predicted molar refractivity (Wildman–Crippen MR) is 122 cm³/mol. The number of urea groups is 1. The molecule has 0 aliphatic heterocycles. The topological polar surface area (TPSA) is 55.7 Å². The number of anilines is 1. The second-order valence-corrected chi connectivity index (χ2v) is 7.93. The summed E-state index contributed by atoms with van der Waals surface area (Å²) in [7, 11) is 5.04. The van der Waals surface area contributed by atoms with Gasteiger partial charge in [-0.05, 0) is 54.3 Å². The van der Waals surface area contributed by atoms with Crippen LogP contribution in [0.25, 0.3) is 10.9 Å². The second-order valence-electron chi connectivity index (χ2n) is 7.93. The number of hydrogen-bond acceptors (Lipinski definition) is 3. The molecule has 0 saturated carbocycles. The van der Waals surface area contributed by atoms with Gasteiger partial charge in [-0.15, -0.1) is 0 Å². The SMILES string of the molecule is COc1ccc(CCN(C)C(=O)Nc2ccc3c(ccn3CC(C)C)c2)cc1OC. The maximum absolute atomic E-state index is 12.6. The first-order chi connectivity index (χ1) is 14.4. The van der Waals surface area contributed by atoms with Gasteiger partial charge in [-0.25, -0.2) is 4.79 Å². The fourth-order valence-electron chi connectivity index (χ4n) is 3.48. The molecule has 3 rings (SSSR count). The van der Waals surface area contributed by atoms with Crippen molar-refractivity contribution in [2.45, 2.75) is 26.8 Å². The van der Waals surface area contributed by atoms with Gasteiger partial charge in [0.1, 0.15) is 0 Å². The Balaban J connectivity index is 1.60. The number of nitrogens with one attached hydrogen (secondary N) is 1. The number of amides is 2. The molecule has 6 nitrogen and oxygen atoms in total. The molecule has 0 saturated heterocycles. The molecular weight excluding hydrogens is 378 g/mol. The van der Waals surface area contributed by atoms with Crippen LogP contribution >= 0.6 is 0 Å². The Labute approximate surface area is 178 Å². The molecule has 0 aliphatic rings. The molecule has 2 aromatic carbocycles. The van der Waals surface area contributed by atoms with E-state index in [9.17, 15) is 4.79 Å². The zero-order valence-corrected chi connectivity index (χ0v) is 18.4. The zero-order chi connectivity index (χ0) is 21.7. The summed E-state index contributed by atoms with van der Waals surface area (Å²) < 4.78 is 12.9. The first kappa shape index (κ1) is 21.6. The van der Waals surface area contributed by atoms with Crippen LogP contribution in [0.2, 0.25) is 0 Å². The van der Waals surface area contributed by atoms with Crippen molar-refractivity contribution in [2.24, 2.45) is 5.92 Å². The number of carbonyl (C=O) groups excluding carboxylic acids is 1. The Morgan fingerprint density at radius 1 is 1.07 bits per heavy atom. The molecule has 0 radical (unpaired) electrons. The van der Waals surface area contributed by atoms with Crippen LogP contribution in [0.15, 0.2) is 48.7 Å². The normalized spacial score (nSPS) is 11.0. The highest BCUT2D eigenvalue weighted by molar-refractivity contribution is 5.92. The predicted octanol–water partition coefficient (Wildman–Crippen LogP) is 5.02. The van der Waals surface area contributed by atoms with E-state index in [0.29, 0.717) is 24.0 Å². The Morgan fingerprint density at radius 2 is 1.83 bits per heavy atom. The maximum atomic E-state index is 12.6. The number of hydrogen-bond donors (Lipinski definition) is 1. The molecule has 3 aromatic rings. The minimum absolute atomic E-state index is 0.128. The Kier molecular flexibility index (Phi) is 6.87. The number of likely N-dealkylation sites (N-methyl/N-ethyl adjacent to an activating group) is 1. The van der Waals surface area contributed by atoms with Gasteiger partial charge in [0, 0.05) is 42.9 Å². The lowest BCUT2D eigenvalue weighted by Gasteiger charge is -2.18. The molecule has 160 valence electrons. The van der Waals surface area contributed by atoms with Gasteiger partial charge in [0.15, 0.2) is 11.5 Å². The lowest BCUT2D eigenvalue weighted by Crippen LogP contribution is -2.32. The van der Waals surface area contributed by atoms with Crippen LogP contribution in [-0.2, 0) is 13.0 Å². The first-order valence-electron chi connectivity index (χ1n) is 10.2. The molecule has 0 bridgehead atoms. The van der Waals surface area contributed by atoms with Crippen LogP contribution in [0.4, 0.5) is 10.5 Å². The molecule has 30 heavy (non-hydrogen) atoms. The lowest BCUT2D eigenvalue weighted by atomic mass is 10.1. The average Bonchev–Trinajstić information content (AvgIpc) is 3.12. The van der Waals surface area contributed by atoms with Crippen LogP contribution in [0.1, 0.15) is 19.4 Å². The third-order valence-corrected chi connectivity index (χ3v) is 5.11. The summed E-state index contributed by atoms with van der Waals surface area (Å²) in [6.07, 6.45) is 2.83. The van der Waals surface area contributed by atoms with E-state index in [2.05, 4.69) is 42.1 Å². The summed E-state index contributed by atoms with van der Waals surface area (Å²) in [6, 6.07) is 13.8. The first-order valence-corrected chi connectivity index (χ1v) is 10.2. The highest BCUT2D eigenvalue weighted by Crippen LogP contribution is 2.27. The Hall–Kier alpha value is -3.15. The van der Waals surface area contributed by atoms with E-state index in [1.165, 1.54) is 5.52 Å². The van der Waals surface area contributed by atoms with Crippen LogP contribution in [-0.4, -0.2) is 43.3 Å². The van der Waals surface area contributed by atoms with E-state index in [-0.39, 0.29) is 6.03 Å². The van der Waals surface area contributed by atoms with E-state index >= 15 is 0 Å². The van der Waals surface area contributed by atoms with Crippen molar-refractivity contribution in [1.29, 1.82) is 0 Å². The van der Waals surface area contributed by atoms with E-state index in [4.69, 9.17) is 9.47 Å². The van der Waals surface area contributed by atoms with E-state index in [1.54, 1.807) is 26.2 Å². The summed E-state index contributed by atoms with van der Waals surface area (Å²) in [5, 5.41) is 4.12. The van der Waals surface area contributed by atoms with Crippen molar-refractivity contribution >= 4 is 22.6 Å². The molecule has 1 aromatic heterocycles. The number of rotatable bonds is 8. The van der Waals surface area contributed by atoms with Crippen LogP contribution in [0, 0.1) is 5.92 Å². The van der Waals surface area contributed by atoms with Gasteiger partial charge in [-0.2, -0.15) is 0 Å². The summed E-state index contributed by atoms with van der Waals surface area (Å²) in [5.41, 5.74) is 3.07. The molecule has 2 amide bonds. The van der Waals surface area contributed by atoms with Crippen LogP contribution in [0.3, 0.4) is 0 Å². The largest absolute Gasteiger partial charge is 0.493 e.